The molecule has 2 atom stereocenters. The molecule has 0 radical (unpaired) electrons. The Bertz CT molecular complexity index is 372. The van der Waals surface area contributed by atoms with Crippen LogP contribution in [-0.2, 0) is 10.3 Å². The van der Waals surface area contributed by atoms with Crippen LogP contribution in [0.3, 0.4) is 0 Å². The van der Waals surface area contributed by atoms with Crippen molar-refractivity contribution in [2.45, 2.75) is 51.2 Å². The van der Waals surface area contributed by atoms with Gasteiger partial charge in [-0.2, -0.15) is 4.98 Å². The van der Waals surface area contributed by atoms with Gasteiger partial charge in [0, 0.05) is 7.11 Å². The molecule has 0 aliphatic heterocycles. The molecule has 0 amide bonds. The van der Waals surface area contributed by atoms with Crippen LogP contribution in [0.2, 0.25) is 0 Å². The minimum absolute atomic E-state index is 0.0903. The summed E-state index contributed by atoms with van der Waals surface area (Å²) in [7, 11) is 1.67. The Morgan fingerprint density at radius 2 is 2.29 bits per heavy atom. The lowest BCUT2D eigenvalue weighted by Gasteiger charge is -2.18. The minimum atomic E-state index is -0.490. The van der Waals surface area contributed by atoms with Crippen LogP contribution in [0.4, 0.5) is 0 Å². The third-order valence-corrected chi connectivity index (χ3v) is 3.45. The number of nitrogens with two attached hydrogens (primary N) is 1. The maximum Gasteiger partial charge on any atom is 0.246 e. The highest BCUT2D eigenvalue weighted by atomic mass is 16.5. The smallest absolute Gasteiger partial charge is 0.246 e. The van der Waals surface area contributed by atoms with Crippen molar-refractivity contribution in [1.82, 2.24) is 10.1 Å². The van der Waals surface area contributed by atoms with Crippen LogP contribution in [0.5, 0.6) is 0 Å². The third kappa shape index (κ3) is 2.50. The van der Waals surface area contributed by atoms with E-state index in [4.69, 9.17) is 15.0 Å². The van der Waals surface area contributed by atoms with Crippen LogP contribution < -0.4 is 5.73 Å². The quantitative estimate of drug-likeness (QED) is 0.823. The van der Waals surface area contributed by atoms with Gasteiger partial charge >= 0.3 is 0 Å². The number of hydrogen-bond acceptors (Lipinski definition) is 5. The summed E-state index contributed by atoms with van der Waals surface area (Å²) in [6.45, 7) is 4.06. The van der Waals surface area contributed by atoms with Gasteiger partial charge in [0.05, 0.1) is 5.54 Å². The van der Waals surface area contributed by atoms with Crippen molar-refractivity contribution in [3.63, 3.8) is 0 Å². The maximum atomic E-state index is 6.24. The Kier molecular flexibility index (Phi) is 3.49. The molecule has 0 aromatic carbocycles. The van der Waals surface area contributed by atoms with Crippen molar-refractivity contribution in [1.29, 1.82) is 0 Å². The van der Waals surface area contributed by atoms with Gasteiger partial charge in [-0.1, -0.05) is 18.5 Å². The molecular formula is C12H21N3O2. The molecular weight excluding hydrogens is 218 g/mol. The molecule has 5 heteroatoms. The summed E-state index contributed by atoms with van der Waals surface area (Å²) in [6.07, 6.45) is 4.11. The lowest BCUT2D eigenvalue weighted by atomic mass is 9.97. The van der Waals surface area contributed by atoms with Crippen LogP contribution in [0.1, 0.15) is 57.3 Å². The predicted molar refractivity (Wildman–Crippen MR) is 63.2 cm³/mol. The molecule has 1 aromatic heterocycles. The predicted octanol–water partition coefficient (Wildman–Crippen LogP) is 2.14. The van der Waals surface area contributed by atoms with Crippen molar-refractivity contribution < 1.29 is 9.26 Å². The molecule has 2 unspecified atom stereocenters. The number of ether oxygens (including phenoxy) is 1. The van der Waals surface area contributed by atoms with E-state index >= 15 is 0 Å². The fourth-order valence-electron chi connectivity index (χ4n) is 2.06. The number of nitrogens with zero attached hydrogens (tertiary/aromatic N) is 2. The van der Waals surface area contributed by atoms with Crippen LogP contribution in [0.15, 0.2) is 4.52 Å². The molecule has 17 heavy (non-hydrogen) atoms. The van der Waals surface area contributed by atoms with Crippen LogP contribution in [0.25, 0.3) is 0 Å². The topological polar surface area (TPSA) is 74.2 Å². The summed E-state index contributed by atoms with van der Waals surface area (Å²) in [4.78, 5) is 4.41. The normalized spacial score (nSPS) is 21.2. The Morgan fingerprint density at radius 3 is 2.82 bits per heavy atom. The first-order valence-electron chi connectivity index (χ1n) is 6.25. The van der Waals surface area contributed by atoms with Gasteiger partial charge in [-0.05, 0) is 32.1 Å². The largest absolute Gasteiger partial charge is 0.373 e. The maximum absolute atomic E-state index is 6.24. The molecule has 1 aromatic rings. The van der Waals surface area contributed by atoms with Crippen molar-refractivity contribution in [2.24, 2.45) is 11.7 Å². The van der Waals surface area contributed by atoms with Gasteiger partial charge in [-0.25, -0.2) is 0 Å². The number of aromatic nitrogens is 2. The van der Waals surface area contributed by atoms with Crippen LogP contribution >= 0.6 is 0 Å². The molecule has 0 saturated heterocycles. The second-order valence-electron chi connectivity index (χ2n) is 5.03. The number of methoxy groups -OCH3 is 1. The van der Waals surface area contributed by atoms with Crippen LogP contribution in [0, 0.1) is 5.92 Å². The summed E-state index contributed by atoms with van der Waals surface area (Å²) < 4.78 is 10.6. The highest BCUT2D eigenvalue weighted by Gasteiger charge is 2.44. The fraction of sp³-hybridized carbons (Fsp3) is 0.833. The van der Waals surface area contributed by atoms with E-state index in [0.717, 1.165) is 25.7 Å². The summed E-state index contributed by atoms with van der Waals surface area (Å²) in [6, 6.07) is 0. The summed E-state index contributed by atoms with van der Waals surface area (Å²) in [5, 5.41) is 3.99. The van der Waals surface area contributed by atoms with E-state index in [0.29, 0.717) is 17.6 Å². The molecule has 2 N–H and O–H groups in total. The summed E-state index contributed by atoms with van der Waals surface area (Å²) in [5.74, 6) is 1.62. The first kappa shape index (κ1) is 12.5. The molecule has 2 rings (SSSR count). The molecule has 1 heterocycles. The summed E-state index contributed by atoms with van der Waals surface area (Å²) in [5.41, 5.74) is 5.74. The average molecular weight is 239 g/mol. The van der Waals surface area contributed by atoms with E-state index in [1.807, 2.05) is 6.92 Å². The zero-order chi connectivity index (χ0) is 12.5. The number of rotatable bonds is 6. The van der Waals surface area contributed by atoms with E-state index in [-0.39, 0.29) is 6.10 Å². The van der Waals surface area contributed by atoms with E-state index in [9.17, 15) is 0 Å². The van der Waals surface area contributed by atoms with E-state index in [1.165, 1.54) is 0 Å². The standard InChI is InChI=1S/C12H21N3O2/c1-4-5-9(16-3)10-14-11(17-15-10)12(2,13)8-6-7-8/h8-9H,4-7,13H2,1-3H3. The monoisotopic (exact) mass is 239 g/mol. The minimum Gasteiger partial charge on any atom is -0.373 e. The van der Waals surface area contributed by atoms with Crippen molar-refractivity contribution in [3.8, 4) is 0 Å². The van der Waals surface area contributed by atoms with Crippen molar-refractivity contribution >= 4 is 0 Å². The molecule has 1 aliphatic carbocycles. The van der Waals surface area contributed by atoms with Gasteiger partial charge < -0.3 is 15.0 Å². The average Bonchev–Trinajstić information content (AvgIpc) is 3.05. The first-order valence-corrected chi connectivity index (χ1v) is 6.25. The van der Waals surface area contributed by atoms with Crippen LogP contribution in [-0.4, -0.2) is 17.3 Å². The van der Waals surface area contributed by atoms with Crippen molar-refractivity contribution in [3.05, 3.63) is 11.7 Å². The molecule has 1 saturated carbocycles. The van der Waals surface area contributed by atoms with Gasteiger partial charge in [-0.3, -0.25) is 0 Å². The summed E-state index contributed by atoms with van der Waals surface area (Å²) >= 11 is 0. The molecule has 0 bridgehead atoms. The number of hydrogen-bond donors (Lipinski definition) is 1. The zero-order valence-corrected chi connectivity index (χ0v) is 10.8. The highest BCUT2D eigenvalue weighted by Crippen LogP contribution is 2.43. The molecule has 1 aliphatic rings. The molecule has 96 valence electrons. The Hall–Kier alpha value is -0.940. The van der Waals surface area contributed by atoms with E-state index in [2.05, 4.69) is 17.1 Å². The van der Waals surface area contributed by atoms with Gasteiger partial charge in [-0.15, -0.1) is 0 Å². The van der Waals surface area contributed by atoms with E-state index < -0.39 is 5.54 Å². The fourth-order valence-corrected chi connectivity index (χ4v) is 2.06. The Labute approximate surface area is 102 Å². The molecule has 0 spiro atoms. The Morgan fingerprint density at radius 1 is 1.59 bits per heavy atom. The molecule has 5 nitrogen and oxygen atoms in total. The van der Waals surface area contributed by atoms with Gasteiger partial charge in [0.25, 0.3) is 0 Å². The Balaban J connectivity index is 2.14. The van der Waals surface area contributed by atoms with Crippen molar-refractivity contribution in [2.75, 3.05) is 7.11 Å². The first-order chi connectivity index (χ1) is 8.09. The zero-order valence-electron chi connectivity index (χ0n) is 10.8. The lowest BCUT2D eigenvalue weighted by molar-refractivity contribution is 0.0854. The molecule has 1 fully saturated rings. The highest BCUT2D eigenvalue weighted by molar-refractivity contribution is 5.08. The second kappa shape index (κ2) is 4.74. The SMILES string of the molecule is CCCC(OC)c1noc(C(C)(N)C2CC2)n1. The van der Waals surface area contributed by atoms with Gasteiger partial charge in [0.15, 0.2) is 0 Å². The third-order valence-electron chi connectivity index (χ3n) is 3.45. The van der Waals surface area contributed by atoms with E-state index in [1.54, 1.807) is 7.11 Å². The lowest BCUT2D eigenvalue weighted by Crippen LogP contribution is -2.35. The second-order valence-corrected chi connectivity index (χ2v) is 5.03. The van der Waals surface area contributed by atoms with Gasteiger partial charge in [0.2, 0.25) is 11.7 Å². The van der Waals surface area contributed by atoms with Gasteiger partial charge in [0.1, 0.15) is 6.10 Å².